The number of phenols is 1. The number of aromatic hydroxyl groups is 1. The van der Waals surface area contributed by atoms with Crippen molar-refractivity contribution >= 4 is 12.0 Å². The molecule has 2 aromatic carbocycles. The Kier molecular flexibility index (Phi) is 7.68. The zero-order valence-electron chi connectivity index (χ0n) is 16.4. The van der Waals surface area contributed by atoms with E-state index >= 15 is 0 Å². The summed E-state index contributed by atoms with van der Waals surface area (Å²) < 4.78 is 15.4. The monoisotopic (exact) mass is 394 g/mol. The Morgan fingerprint density at radius 1 is 1.10 bits per heavy atom. The summed E-state index contributed by atoms with van der Waals surface area (Å²) in [6, 6.07) is 12.4. The van der Waals surface area contributed by atoms with Crippen LogP contribution in [-0.2, 0) is 11.3 Å². The van der Waals surface area contributed by atoms with Crippen molar-refractivity contribution < 1.29 is 24.1 Å². The summed E-state index contributed by atoms with van der Waals surface area (Å²) in [6.45, 7) is 0.234. The maximum atomic E-state index is 12.3. The lowest BCUT2D eigenvalue weighted by molar-refractivity contribution is -0.117. The van der Waals surface area contributed by atoms with E-state index in [1.165, 1.54) is 20.3 Å². The molecule has 0 atom stereocenters. The summed E-state index contributed by atoms with van der Waals surface area (Å²) in [5.74, 6) is 0.566. The zero-order chi connectivity index (χ0) is 21.2. The van der Waals surface area contributed by atoms with Crippen LogP contribution in [0.1, 0.15) is 11.1 Å². The van der Waals surface area contributed by atoms with Crippen LogP contribution in [0.15, 0.2) is 54.1 Å². The van der Waals surface area contributed by atoms with Gasteiger partial charge in [-0.15, -0.1) is 0 Å². The lowest BCUT2D eigenvalue weighted by Crippen LogP contribution is -2.24. The van der Waals surface area contributed by atoms with Crippen LogP contribution in [0.2, 0.25) is 0 Å². The number of ether oxygens (including phenoxy) is 3. The molecule has 7 nitrogen and oxygen atoms in total. The molecule has 0 fully saturated rings. The maximum Gasteiger partial charge on any atom is 0.262 e. The molecule has 2 aromatic rings. The maximum absolute atomic E-state index is 12.3. The first kappa shape index (κ1) is 21.4. The number of amides is 1. The number of carbonyl (C=O) groups excluding carboxylic acids is 1. The standard InChI is InChI=1S/C22H22N2O5/c1-27-18-10-5-4-8-17(18)14-24-22(26)16(13-23)9-6-7-15-11-19(28-2)21(25)20(12-15)29-3/h4-12,25H,14H2,1-3H3,(H,24,26). The van der Waals surface area contributed by atoms with Crippen molar-refractivity contribution in [1.29, 1.82) is 5.26 Å². The summed E-state index contributed by atoms with van der Waals surface area (Å²) in [7, 11) is 4.42. The molecule has 0 aliphatic rings. The number of hydrogen-bond donors (Lipinski definition) is 2. The summed E-state index contributed by atoms with van der Waals surface area (Å²) >= 11 is 0. The smallest absolute Gasteiger partial charge is 0.262 e. The highest BCUT2D eigenvalue weighted by atomic mass is 16.5. The number of rotatable bonds is 8. The van der Waals surface area contributed by atoms with Gasteiger partial charge in [0.1, 0.15) is 17.4 Å². The lowest BCUT2D eigenvalue weighted by atomic mass is 10.1. The van der Waals surface area contributed by atoms with E-state index in [-0.39, 0.29) is 29.4 Å². The van der Waals surface area contributed by atoms with Gasteiger partial charge in [0.05, 0.1) is 21.3 Å². The fourth-order valence-corrected chi connectivity index (χ4v) is 2.55. The van der Waals surface area contributed by atoms with Crippen molar-refractivity contribution in [1.82, 2.24) is 5.32 Å². The Balaban J connectivity index is 2.11. The third-order valence-electron chi connectivity index (χ3n) is 4.05. The van der Waals surface area contributed by atoms with Gasteiger partial charge in [0.25, 0.3) is 5.91 Å². The second-order valence-corrected chi connectivity index (χ2v) is 5.82. The predicted octanol–water partition coefficient (Wildman–Crippen LogP) is 3.20. The second kappa shape index (κ2) is 10.4. The van der Waals surface area contributed by atoms with Gasteiger partial charge >= 0.3 is 0 Å². The first-order valence-corrected chi connectivity index (χ1v) is 8.67. The molecule has 0 bridgehead atoms. The molecule has 0 unspecified atom stereocenters. The normalized spacial score (nSPS) is 11.0. The number of nitrogens with one attached hydrogen (secondary N) is 1. The summed E-state index contributed by atoms with van der Waals surface area (Å²) in [6.07, 6.45) is 4.63. The number of benzene rings is 2. The molecule has 29 heavy (non-hydrogen) atoms. The van der Waals surface area contributed by atoms with Gasteiger partial charge in [-0.25, -0.2) is 0 Å². The first-order chi connectivity index (χ1) is 14.0. The third-order valence-corrected chi connectivity index (χ3v) is 4.05. The molecule has 0 spiro atoms. The SMILES string of the molecule is COc1ccccc1CNC(=O)C(C#N)=CC=Cc1cc(OC)c(O)c(OC)c1. The lowest BCUT2D eigenvalue weighted by Gasteiger charge is -2.09. The third kappa shape index (κ3) is 5.53. The van der Waals surface area contributed by atoms with Crippen LogP contribution < -0.4 is 19.5 Å². The van der Waals surface area contributed by atoms with Gasteiger partial charge in [0, 0.05) is 12.1 Å². The number of allylic oxidation sites excluding steroid dienone is 2. The summed E-state index contributed by atoms with van der Waals surface area (Å²) in [5, 5.41) is 21.9. The number of hydrogen-bond acceptors (Lipinski definition) is 6. The first-order valence-electron chi connectivity index (χ1n) is 8.67. The van der Waals surface area contributed by atoms with Crippen LogP contribution in [-0.4, -0.2) is 32.3 Å². The van der Waals surface area contributed by atoms with E-state index < -0.39 is 5.91 Å². The van der Waals surface area contributed by atoms with Crippen LogP contribution in [0, 0.1) is 11.3 Å². The zero-order valence-corrected chi connectivity index (χ0v) is 16.4. The highest BCUT2D eigenvalue weighted by Gasteiger charge is 2.11. The Morgan fingerprint density at radius 2 is 1.72 bits per heavy atom. The van der Waals surface area contributed by atoms with E-state index in [0.29, 0.717) is 11.3 Å². The predicted molar refractivity (Wildman–Crippen MR) is 109 cm³/mol. The van der Waals surface area contributed by atoms with Gasteiger partial charge in [0.2, 0.25) is 5.75 Å². The molecule has 0 aliphatic carbocycles. The number of nitriles is 1. The Hall–Kier alpha value is -3.92. The molecule has 0 radical (unpaired) electrons. The van der Waals surface area contributed by atoms with Crippen LogP contribution in [0.3, 0.4) is 0 Å². The van der Waals surface area contributed by atoms with Gasteiger partial charge < -0.3 is 24.6 Å². The molecule has 7 heteroatoms. The Morgan fingerprint density at radius 3 is 2.31 bits per heavy atom. The number of methoxy groups -OCH3 is 3. The number of carbonyl (C=O) groups is 1. The van der Waals surface area contributed by atoms with E-state index in [4.69, 9.17) is 14.2 Å². The molecule has 0 heterocycles. The van der Waals surface area contributed by atoms with Gasteiger partial charge in [-0.05, 0) is 29.8 Å². The quantitative estimate of drug-likeness (QED) is 0.405. The molecular weight excluding hydrogens is 372 g/mol. The van der Waals surface area contributed by atoms with Crippen molar-refractivity contribution in [2.75, 3.05) is 21.3 Å². The topological polar surface area (TPSA) is 101 Å². The van der Waals surface area contributed by atoms with Gasteiger partial charge in [-0.3, -0.25) is 4.79 Å². The Labute approximate surface area is 169 Å². The average molecular weight is 394 g/mol. The van der Waals surface area contributed by atoms with Crippen LogP contribution in [0.25, 0.3) is 6.08 Å². The van der Waals surface area contributed by atoms with E-state index in [2.05, 4.69) is 5.32 Å². The van der Waals surface area contributed by atoms with Crippen molar-refractivity contribution in [3.05, 3.63) is 65.3 Å². The fourth-order valence-electron chi connectivity index (χ4n) is 2.55. The molecule has 0 aliphatic heterocycles. The van der Waals surface area contributed by atoms with Crippen LogP contribution in [0.5, 0.6) is 23.0 Å². The molecule has 0 saturated carbocycles. The number of nitrogens with zero attached hydrogens (tertiary/aromatic N) is 1. The molecule has 1 amide bonds. The van der Waals surface area contributed by atoms with Crippen molar-refractivity contribution in [3.8, 4) is 29.1 Å². The minimum atomic E-state index is -0.496. The van der Waals surface area contributed by atoms with E-state index in [0.717, 1.165) is 5.56 Å². The highest BCUT2D eigenvalue weighted by molar-refractivity contribution is 5.97. The average Bonchev–Trinajstić information content (AvgIpc) is 2.75. The van der Waals surface area contributed by atoms with Crippen molar-refractivity contribution in [2.45, 2.75) is 6.54 Å². The van der Waals surface area contributed by atoms with Gasteiger partial charge in [-0.2, -0.15) is 5.26 Å². The molecule has 2 N–H and O–H groups in total. The largest absolute Gasteiger partial charge is 0.502 e. The molecule has 0 aromatic heterocycles. The van der Waals surface area contributed by atoms with E-state index in [1.807, 2.05) is 24.3 Å². The highest BCUT2D eigenvalue weighted by Crippen LogP contribution is 2.37. The molecule has 2 rings (SSSR count). The van der Waals surface area contributed by atoms with Gasteiger partial charge in [-0.1, -0.05) is 30.4 Å². The minimum Gasteiger partial charge on any atom is -0.502 e. The number of phenolic OH excluding ortho intramolecular Hbond substituents is 1. The fraction of sp³-hybridized carbons (Fsp3) is 0.182. The minimum absolute atomic E-state index is 0.0474. The van der Waals surface area contributed by atoms with Gasteiger partial charge in [0.15, 0.2) is 11.5 Å². The number of para-hydroxylation sites is 1. The van der Waals surface area contributed by atoms with Crippen molar-refractivity contribution in [2.24, 2.45) is 0 Å². The van der Waals surface area contributed by atoms with E-state index in [9.17, 15) is 15.2 Å². The summed E-state index contributed by atoms with van der Waals surface area (Å²) in [5.41, 5.74) is 1.42. The molecular formula is C22H22N2O5. The Bertz CT molecular complexity index is 948. The van der Waals surface area contributed by atoms with Crippen molar-refractivity contribution in [3.63, 3.8) is 0 Å². The molecule has 0 saturated heterocycles. The van der Waals surface area contributed by atoms with Crippen LogP contribution in [0.4, 0.5) is 0 Å². The van der Waals surface area contributed by atoms with E-state index in [1.54, 1.807) is 37.5 Å². The van der Waals surface area contributed by atoms with Crippen LogP contribution >= 0.6 is 0 Å². The second-order valence-electron chi connectivity index (χ2n) is 5.82. The summed E-state index contributed by atoms with van der Waals surface area (Å²) in [4.78, 5) is 12.3. The molecule has 150 valence electrons.